The molecule has 0 aliphatic carbocycles. The van der Waals surface area contributed by atoms with Crippen LogP contribution in [0.3, 0.4) is 0 Å². The molecule has 2 aliphatic heterocycles. The zero-order chi connectivity index (χ0) is 29.2. The van der Waals surface area contributed by atoms with Crippen LogP contribution in [0.1, 0.15) is 34.0 Å². The molecule has 2 N–H and O–H groups in total. The van der Waals surface area contributed by atoms with E-state index in [9.17, 15) is 4.79 Å². The fourth-order valence-corrected chi connectivity index (χ4v) is 6.45. The minimum absolute atomic E-state index is 0.190. The van der Waals surface area contributed by atoms with Crippen molar-refractivity contribution in [2.75, 3.05) is 43.1 Å². The number of nitrogens with zero attached hydrogens (tertiary/aromatic N) is 3. The maximum Gasteiger partial charge on any atom is 0.323 e. The Balaban J connectivity index is 1.24. The first-order chi connectivity index (χ1) is 20.4. The first-order valence-corrected chi connectivity index (χ1v) is 15.1. The number of benzene rings is 2. The maximum atomic E-state index is 15.1. The highest BCUT2D eigenvalue weighted by atomic mass is 32.2. The number of hydrogen-bond donors (Lipinski definition) is 2. The SMILES string of the molecule is C=C1c2c(ccc(OC)c2F)CN1CC(C#Cc1ccc(-c2cccc(N3CCSCC3)n2)cc1)c1[nH]c(=O)[nH]c1C. The van der Waals surface area contributed by atoms with Crippen LogP contribution in [0.5, 0.6) is 5.75 Å². The van der Waals surface area contributed by atoms with Crippen LogP contribution in [-0.4, -0.2) is 58.1 Å². The summed E-state index contributed by atoms with van der Waals surface area (Å²) in [6.07, 6.45) is 0. The summed E-state index contributed by atoms with van der Waals surface area (Å²) in [5.74, 6) is 9.35. The molecule has 7 nitrogen and oxygen atoms in total. The fraction of sp³-hybridized carbons (Fsp3) is 0.273. The number of imidazole rings is 1. The minimum atomic E-state index is -0.411. The standard InChI is InChI=1S/C33H32FN5O2S/c1-21-32(37-33(40)35-21)26(20-39-19-25-13-14-28(41-3)31(34)30(25)22(39)2)12-9-23-7-10-24(11-8-23)27-5-4-6-29(36-27)38-15-17-42-18-16-38/h4-8,10-11,13-14,26H,2,15-20H2,1,3H3,(H2,35,37,40). The summed E-state index contributed by atoms with van der Waals surface area (Å²) in [5, 5.41) is 0. The van der Waals surface area contributed by atoms with Gasteiger partial charge in [-0.25, -0.2) is 14.2 Å². The largest absolute Gasteiger partial charge is 0.494 e. The molecule has 0 spiro atoms. The molecule has 1 unspecified atom stereocenters. The summed E-state index contributed by atoms with van der Waals surface area (Å²) in [6.45, 7) is 8.98. The number of ether oxygens (including phenoxy) is 1. The van der Waals surface area contributed by atoms with Crippen molar-refractivity contribution in [1.82, 2.24) is 19.9 Å². The Hall–Kier alpha value is -4.42. The summed E-state index contributed by atoms with van der Waals surface area (Å²) in [4.78, 5) is 27.1. The number of halogens is 1. The summed E-state index contributed by atoms with van der Waals surface area (Å²) in [6, 6.07) is 17.7. The van der Waals surface area contributed by atoms with Gasteiger partial charge in [0.2, 0.25) is 0 Å². The molecule has 2 aromatic carbocycles. The van der Waals surface area contributed by atoms with Crippen molar-refractivity contribution in [3.63, 3.8) is 0 Å². The number of thioether (sulfide) groups is 1. The molecule has 1 saturated heterocycles. The van der Waals surface area contributed by atoms with Crippen LogP contribution in [0, 0.1) is 24.6 Å². The molecule has 1 atom stereocenters. The van der Waals surface area contributed by atoms with Crippen molar-refractivity contribution in [3.05, 3.63) is 106 Å². The Kier molecular flexibility index (Phi) is 7.81. The second-order valence-electron chi connectivity index (χ2n) is 10.4. The Labute approximate surface area is 248 Å². The third kappa shape index (κ3) is 5.55. The second-order valence-corrected chi connectivity index (χ2v) is 11.7. The van der Waals surface area contributed by atoms with E-state index in [-0.39, 0.29) is 17.4 Å². The van der Waals surface area contributed by atoms with Crippen molar-refractivity contribution < 1.29 is 9.13 Å². The average molecular weight is 582 g/mol. The van der Waals surface area contributed by atoms with Gasteiger partial charge in [0.15, 0.2) is 11.6 Å². The van der Waals surface area contributed by atoms with E-state index in [1.54, 1.807) is 6.07 Å². The first kappa shape index (κ1) is 27.7. The average Bonchev–Trinajstić information content (AvgIpc) is 3.53. The van der Waals surface area contributed by atoms with Crippen LogP contribution in [0.25, 0.3) is 17.0 Å². The third-order valence-electron chi connectivity index (χ3n) is 7.79. The molecule has 6 rings (SSSR count). The molecule has 1 fully saturated rings. The van der Waals surface area contributed by atoms with Crippen LogP contribution < -0.4 is 15.3 Å². The molecule has 0 radical (unpaired) electrons. The Bertz CT molecular complexity index is 1740. The zero-order valence-corrected chi connectivity index (χ0v) is 24.5. The number of fused-ring (bicyclic) bond motifs is 1. The van der Waals surface area contributed by atoms with Crippen LogP contribution in [0.4, 0.5) is 10.2 Å². The Morgan fingerprint density at radius 2 is 1.90 bits per heavy atom. The molecule has 42 heavy (non-hydrogen) atoms. The molecule has 214 valence electrons. The van der Waals surface area contributed by atoms with Gasteiger partial charge in [0.1, 0.15) is 5.82 Å². The first-order valence-electron chi connectivity index (χ1n) is 13.9. The Morgan fingerprint density at radius 3 is 2.62 bits per heavy atom. The van der Waals surface area contributed by atoms with E-state index in [2.05, 4.69) is 45.4 Å². The van der Waals surface area contributed by atoms with E-state index < -0.39 is 5.82 Å². The highest BCUT2D eigenvalue weighted by Crippen LogP contribution is 2.38. The van der Waals surface area contributed by atoms with Crippen molar-refractivity contribution >= 4 is 23.3 Å². The van der Waals surface area contributed by atoms with E-state index in [4.69, 9.17) is 9.72 Å². The van der Waals surface area contributed by atoms with Crippen LogP contribution in [0.2, 0.25) is 0 Å². The van der Waals surface area contributed by atoms with E-state index in [0.29, 0.717) is 30.0 Å². The predicted molar refractivity (Wildman–Crippen MR) is 167 cm³/mol. The molecule has 0 saturated carbocycles. The number of anilines is 1. The number of aryl methyl sites for hydroxylation is 1. The number of pyridine rings is 1. The van der Waals surface area contributed by atoms with Gasteiger partial charge >= 0.3 is 5.69 Å². The van der Waals surface area contributed by atoms with Crippen molar-refractivity contribution in [2.45, 2.75) is 19.4 Å². The lowest BCUT2D eigenvalue weighted by molar-refractivity contribution is 0.385. The molecule has 2 aliphatic rings. The number of methoxy groups -OCH3 is 1. The van der Waals surface area contributed by atoms with Gasteiger partial charge in [0, 0.05) is 65.8 Å². The van der Waals surface area contributed by atoms with Crippen molar-refractivity contribution in [1.29, 1.82) is 0 Å². The minimum Gasteiger partial charge on any atom is -0.494 e. The topological polar surface area (TPSA) is 77.2 Å². The fourth-order valence-electron chi connectivity index (χ4n) is 5.54. The van der Waals surface area contributed by atoms with Gasteiger partial charge in [-0.2, -0.15) is 11.8 Å². The third-order valence-corrected chi connectivity index (χ3v) is 8.73. The molecule has 4 heterocycles. The quantitative estimate of drug-likeness (QED) is 0.297. The lowest BCUT2D eigenvalue weighted by atomic mass is 10.0. The van der Waals surface area contributed by atoms with Crippen LogP contribution >= 0.6 is 11.8 Å². The molecule has 0 bridgehead atoms. The maximum absolute atomic E-state index is 15.1. The lowest BCUT2D eigenvalue weighted by Gasteiger charge is -2.27. The number of aromatic amines is 2. The summed E-state index contributed by atoms with van der Waals surface area (Å²) >= 11 is 1.98. The number of aromatic nitrogens is 3. The van der Waals surface area contributed by atoms with E-state index >= 15 is 4.39 Å². The van der Waals surface area contributed by atoms with Gasteiger partial charge < -0.3 is 24.5 Å². The second kappa shape index (κ2) is 11.8. The highest BCUT2D eigenvalue weighted by molar-refractivity contribution is 7.99. The molecule has 4 aromatic rings. The molecule has 0 amide bonds. The number of nitrogens with one attached hydrogen (secondary N) is 2. The number of hydrogen-bond acceptors (Lipinski definition) is 6. The number of rotatable bonds is 6. The normalized spacial score (nSPS) is 15.3. The summed E-state index contributed by atoms with van der Waals surface area (Å²) < 4.78 is 20.2. The highest BCUT2D eigenvalue weighted by Gasteiger charge is 2.30. The van der Waals surface area contributed by atoms with Crippen LogP contribution in [0.15, 0.2) is 66.0 Å². The Morgan fingerprint density at radius 1 is 1.12 bits per heavy atom. The monoisotopic (exact) mass is 581 g/mol. The smallest absolute Gasteiger partial charge is 0.323 e. The van der Waals surface area contributed by atoms with E-state index in [1.165, 1.54) is 7.11 Å². The van der Waals surface area contributed by atoms with Gasteiger partial charge in [0.25, 0.3) is 0 Å². The van der Waals surface area contributed by atoms with Crippen molar-refractivity contribution in [3.8, 4) is 28.8 Å². The van der Waals surface area contributed by atoms with Gasteiger partial charge in [-0.3, -0.25) is 0 Å². The molecule has 9 heteroatoms. The predicted octanol–water partition coefficient (Wildman–Crippen LogP) is 5.40. The van der Waals surface area contributed by atoms with E-state index in [0.717, 1.165) is 58.5 Å². The van der Waals surface area contributed by atoms with Gasteiger partial charge in [-0.15, -0.1) is 0 Å². The molecular formula is C33H32FN5O2S. The lowest BCUT2D eigenvalue weighted by Crippen LogP contribution is -2.33. The summed E-state index contributed by atoms with van der Waals surface area (Å²) in [5.41, 5.74) is 5.85. The van der Waals surface area contributed by atoms with Crippen LogP contribution in [-0.2, 0) is 6.54 Å². The van der Waals surface area contributed by atoms with Gasteiger partial charge in [-0.05, 0) is 42.8 Å². The van der Waals surface area contributed by atoms with Crippen molar-refractivity contribution in [2.24, 2.45) is 0 Å². The van der Waals surface area contributed by atoms with E-state index in [1.807, 2.05) is 60.0 Å². The molecular weight excluding hydrogens is 549 g/mol. The van der Waals surface area contributed by atoms with Gasteiger partial charge in [-0.1, -0.05) is 42.7 Å². The number of H-pyrrole nitrogens is 2. The summed E-state index contributed by atoms with van der Waals surface area (Å²) in [7, 11) is 1.45. The molecule has 2 aromatic heterocycles. The van der Waals surface area contributed by atoms with Gasteiger partial charge in [0.05, 0.1) is 24.4 Å². The zero-order valence-electron chi connectivity index (χ0n) is 23.7.